The van der Waals surface area contributed by atoms with E-state index < -0.39 is 9.84 Å². The molecule has 1 aromatic carbocycles. The number of piperidine rings is 1. The minimum atomic E-state index is -3.12. The molecule has 3 unspecified atom stereocenters. The molecular formula is C16H25N3O2S2. The van der Waals surface area contributed by atoms with Gasteiger partial charge in [-0.25, -0.2) is 8.42 Å². The average molecular weight is 356 g/mol. The van der Waals surface area contributed by atoms with E-state index in [0.717, 1.165) is 25.9 Å². The molecule has 3 rings (SSSR count). The van der Waals surface area contributed by atoms with Gasteiger partial charge in [-0.2, -0.15) is 0 Å². The minimum absolute atomic E-state index is 0.296. The summed E-state index contributed by atoms with van der Waals surface area (Å²) in [5, 5.41) is 7.95. The van der Waals surface area contributed by atoms with E-state index in [0.29, 0.717) is 22.4 Å². The Morgan fingerprint density at radius 3 is 2.65 bits per heavy atom. The number of hydrogen-bond acceptors (Lipinski definition) is 6. The van der Waals surface area contributed by atoms with Crippen molar-refractivity contribution in [3.8, 4) is 0 Å². The zero-order valence-corrected chi connectivity index (χ0v) is 15.1. The third-order valence-electron chi connectivity index (χ3n) is 4.51. The van der Waals surface area contributed by atoms with Crippen LogP contribution in [0.1, 0.15) is 37.3 Å². The van der Waals surface area contributed by atoms with E-state index in [1.165, 1.54) is 24.7 Å². The maximum atomic E-state index is 11.6. The highest BCUT2D eigenvalue weighted by Crippen LogP contribution is 2.26. The molecule has 0 amide bonds. The van der Waals surface area contributed by atoms with E-state index in [9.17, 15) is 8.42 Å². The van der Waals surface area contributed by atoms with Crippen LogP contribution in [0, 0.1) is 0 Å². The lowest BCUT2D eigenvalue weighted by molar-refractivity contribution is 0.284. The van der Waals surface area contributed by atoms with Crippen LogP contribution in [-0.2, 0) is 9.84 Å². The minimum Gasteiger partial charge on any atom is -0.301 e. The molecule has 0 aliphatic carbocycles. The van der Waals surface area contributed by atoms with Gasteiger partial charge in [0.1, 0.15) is 0 Å². The highest BCUT2D eigenvalue weighted by atomic mass is 32.2. The summed E-state index contributed by atoms with van der Waals surface area (Å²) in [6.07, 6.45) is 6.22. The molecule has 0 aromatic heterocycles. The summed E-state index contributed by atoms with van der Waals surface area (Å²) in [4.78, 5) is 0.387. The van der Waals surface area contributed by atoms with Gasteiger partial charge >= 0.3 is 0 Å². The van der Waals surface area contributed by atoms with Crippen LogP contribution >= 0.6 is 11.9 Å². The maximum Gasteiger partial charge on any atom is 0.175 e. The van der Waals surface area contributed by atoms with Crippen molar-refractivity contribution in [3.05, 3.63) is 29.8 Å². The monoisotopic (exact) mass is 355 g/mol. The number of nitrogens with one attached hydrogen (secondary N) is 3. The van der Waals surface area contributed by atoms with Crippen molar-refractivity contribution in [1.29, 1.82) is 0 Å². The van der Waals surface area contributed by atoms with Gasteiger partial charge in [-0.1, -0.05) is 24.1 Å². The van der Waals surface area contributed by atoms with Crippen molar-refractivity contribution >= 4 is 21.8 Å². The number of benzene rings is 1. The number of rotatable bonds is 5. The van der Waals surface area contributed by atoms with Gasteiger partial charge in [0.15, 0.2) is 9.84 Å². The number of hydrogen-bond donors (Lipinski definition) is 3. The molecule has 2 aliphatic heterocycles. The van der Waals surface area contributed by atoms with Crippen LogP contribution in [0.4, 0.5) is 0 Å². The lowest BCUT2D eigenvalue weighted by Gasteiger charge is -2.32. The van der Waals surface area contributed by atoms with Crippen molar-refractivity contribution < 1.29 is 8.42 Å². The molecule has 0 bridgehead atoms. The fourth-order valence-corrected chi connectivity index (χ4v) is 4.70. The Kier molecular flexibility index (Phi) is 5.64. The smallest absolute Gasteiger partial charge is 0.175 e. The van der Waals surface area contributed by atoms with Gasteiger partial charge in [0, 0.05) is 30.6 Å². The first-order valence-electron chi connectivity index (χ1n) is 8.20. The molecule has 2 saturated heterocycles. The quantitative estimate of drug-likeness (QED) is 0.700. The first-order chi connectivity index (χ1) is 11.0. The van der Waals surface area contributed by atoms with Crippen LogP contribution in [0.25, 0.3) is 0 Å². The molecule has 2 fully saturated rings. The molecule has 3 atom stereocenters. The van der Waals surface area contributed by atoms with E-state index in [1.807, 2.05) is 24.1 Å². The molecule has 128 valence electrons. The summed E-state index contributed by atoms with van der Waals surface area (Å²) >= 11 is 1.83. The fourth-order valence-electron chi connectivity index (χ4n) is 3.18. The standard InChI is InChI=1S/C16H25N3O2S2/c1-23(20,21)14-7-5-12(6-8-14)15-3-2-4-16(19-15)17-11-13-9-10-18-22-13/h5-8,13,15-19H,2-4,9-11H2,1H3. The predicted octanol–water partition coefficient (Wildman–Crippen LogP) is 1.83. The lowest BCUT2D eigenvalue weighted by atomic mass is 9.96. The largest absolute Gasteiger partial charge is 0.301 e. The summed E-state index contributed by atoms with van der Waals surface area (Å²) in [6.45, 7) is 2.12. The third-order valence-corrected chi connectivity index (χ3v) is 6.74. The van der Waals surface area contributed by atoms with Crippen molar-refractivity contribution in [2.45, 2.75) is 48.0 Å². The van der Waals surface area contributed by atoms with Crippen molar-refractivity contribution in [2.75, 3.05) is 19.3 Å². The Hall–Kier alpha value is -0.600. The summed E-state index contributed by atoms with van der Waals surface area (Å²) in [6, 6.07) is 7.60. The Labute approximate surface area is 143 Å². The van der Waals surface area contributed by atoms with Crippen LogP contribution in [0.2, 0.25) is 0 Å². The van der Waals surface area contributed by atoms with Gasteiger partial charge < -0.3 is 5.32 Å². The highest BCUT2D eigenvalue weighted by Gasteiger charge is 2.24. The van der Waals surface area contributed by atoms with Gasteiger partial charge in [0.05, 0.1) is 11.1 Å². The first-order valence-corrected chi connectivity index (χ1v) is 11.0. The SMILES string of the molecule is CS(=O)(=O)c1ccc(C2CCCC(NCC3CCNS3)N2)cc1. The zero-order chi connectivity index (χ0) is 16.3. The van der Waals surface area contributed by atoms with E-state index in [4.69, 9.17) is 0 Å². The molecular weight excluding hydrogens is 330 g/mol. The molecule has 2 aliphatic rings. The van der Waals surface area contributed by atoms with E-state index in [1.54, 1.807) is 12.1 Å². The molecule has 0 saturated carbocycles. The summed E-state index contributed by atoms with van der Waals surface area (Å²) in [5.41, 5.74) is 1.17. The number of sulfone groups is 1. The second-order valence-corrected chi connectivity index (χ2v) is 9.58. The topological polar surface area (TPSA) is 70.2 Å². The lowest BCUT2D eigenvalue weighted by Crippen LogP contribution is -2.48. The zero-order valence-electron chi connectivity index (χ0n) is 13.4. The average Bonchev–Trinajstić information content (AvgIpc) is 3.06. The summed E-state index contributed by atoms with van der Waals surface area (Å²) in [7, 11) is -3.12. The van der Waals surface area contributed by atoms with Gasteiger partial charge in [-0.15, -0.1) is 0 Å². The Balaban J connectivity index is 1.57. The van der Waals surface area contributed by atoms with Gasteiger partial charge in [-0.3, -0.25) is 10.0 Å². The molecule has 23 heavy (non-hydrogen) atoms. The van der Waals surface area contributed by atoms with Crippen LogP contribution in [0.15, 0.2) is 29.2 Å². The van der Waals surface area contributed by atoms with Crippen molar-refractivity contribution in [2.24, 2.45) is 0 Å². The van der Waals surface area contributed by atoms with Crippen LogP contribution in [-0.4, -0.2) is 39.2 Å². The van der Waals surface area contributed by atoms with Crippen LogP contribution < -0.4 is 15.4 Å². The Bertz CT molecular complexity index is 613. The fraction of sp³-hybridized carbons (Fsp3) is 0.625. The summed E-state index contributed by atoms with van der Waals surface area (Å²) in [5.74, 6) is 0. The molecule has 0 spiro atoms. The van der Waals surface area contributed by atoms with Crippen molar-refractivity contribution in [1.82, 2.24) is 15.4 Å². The van der Waals surface area contributed by atoms with E-state index in [-0.39, 0.29) is 0 Å². The van der Waals surface area contributed by atoms with Crippen molar-refractivity contribution in [3.63, 3.8) is 0 Å². The van der Waals surface area contributed by atoms with Gasteiger partial charge in [0.25, 0.3) is 0 Å². The summed E-state index contributed by atoms with van der Waals surface area (Å²) < 4.78 is 26.4. The molecule has 5 nitrogen and oxygen atoms in total. The van der Waals surface area contributed by atoms with Gasteiger partial charge in [-0.05, 0) is 43.4 Å². The second-order valence-electron chi connectivity index (χ2n) is 6.38. The first kappa shape index (κ1) is 17.2. The predicted molar refractivity (Wildman–Crippen MR) is 95.1 cm³/mol. The Morgan fingerprint density at radius 2 is 2.00 bits per heavy atom. The molecule has 0 radical (unpaired) electrons. The third kappa shape index (κ3) is 4.70. The molecule has 7 heteroatoms. The van der Waals surface area contributed by atoms with Crippen LogP contribution in [0.5, 0.6) is 0 Å². The maximum absolute atomic E-state index is 11.6. The normalized spacial score (nSPS) is 28.8. The van der Waals surface area contributed by atoms with E-state index >= 15 is 0 Å². The second kappa shape index (κ2) is 7.53. The van der Waals surface area contributed by atoms with Crippen LogP contribution in [0.3, 0.4) is 0 Å². The van der Waals surface area contributed by atoms with E-state index in [2.05, 4.69) is 15.4 Å². The highest BCUT2D eigenvalue weighted by molar-refractivity contribution is 7.98. The molecule has 3 N–H and O–H groups in total. The molecule has 1 aromatic rings. The van der Waals surface area contributed by atoms with Gasteiger partial charge in [0.2, 0.25) is 0 Å². The molecule has 2 heterocycles. The Morgan fingerprint density at radius 1 is 1.22 bits per heavy atom.